The predicted molar refractivity (Wildman–Crippen MR) is 94.5 cm³/mol. The summed E-state index contributed by atoms with van der Waals surface area (Å²) < 4.78 is 27.9. The van der Waals surface area contributed by atoms with Crippen molar-refractivity contribution in [3.05, 3.63) is 71.9 Å². The molecule has 5 nitrogen and oxygen atoms in total. The van der Waals surface area contributed by atoms with Crippen LogP contribution in [0.25, 0.3) is 5.69 Å². The van der Waals surface area contributed by atoms with Gasteiger partial charge < -0.3 is 5.32 Å². The molecule has 0 radical (unpaired) electrons. The Morgan fingerprint density at radius 2 is 1.77 bits per heavy atom. The van der Waals surface area contributed by atoms with E-state index in [0.29, 0.717) is 11.7 Å². The van der Waals surface area contributed by atoms with Gasteiger partial charge in [-0.3, -0.25) is 5.32 Å². The number of carbonyl (C=O) groups is 1. The van der Waals surface area contributed by atoms with E-state index in [1.807, 2.05) is 36.4 Å². The molecule has 0 bridgehead atoms. The number of rotatable bonds is 4. The molecule has 1 aliphatic carbocycles. The summed E-state index contributed by atoms with van der Waals surface area (Å²) in [5.74, 6) is -1.05. The van der Waals surface area contributed by atoms with Crippen LogP contribution in [0, 0.1) is 11.6 Å². The molecule has 0 spiro atoms. The summed E-state index contributed by atoms with van der Waals surface area (Å²) in [6.07, 6.45) is 2.18. The number of hydrogen-bond donors (Lipinski definition) is 2. The average molecular weight is 354 g/mol. The minimum Gasteiger partial charge on any atom is -0.308 e. The number of urea groups is 1. The van der Waals surface area contributed by atoms with Crippen LogP contribution in [0.3, 0.4) is 0 Å². The van der Waals surface area contributed by atoms with E-state index in [4.69, 9.17) is 0 Å². The maximum atomic E-state index is 13.3. The lowest BCUT2D eigenvalue weighted by Gasteiger charge is -2.10. The minimum absolute atomic E-state index is 0.162. The third kappa shape index (κ3) is 3.42. The van der Waals surface area contributed by atoms with Crippen LogP contribution in [-0.4, -0.2) is 15.8 Å². The van der Waals surface area contributed by atoms with Gasteiger partial charge in [-0.1, -0.05) is 18.2 Å². The Balaban J connectivity index is 1.56. The van der Waals surface area contributed by atoms with Gasteiger partial charge in [0.05, 0.1) is 11.4 Å². The van der Waals surface area contributed by atoms with Crippen molar-refractivity contribution in [1.82, 2.24) is 9.78 Å². The van der Waals surface area contributed by atoms with E-state index in [-0.39, 0.29) is 5.69 Å². The third-order valence-electron chi connectivity index (χ3n) is 4.14. The maximum Gasteiger partial charge on any atom is 0.324 e. The number of hydrogen-bond acceptors (Lipinski definition) is 2. The number of halogens is 2. The molecule has 4 rings (SSSR count). The van der Waals surface area contributed by atoms with Gasteiger partial charge in [0.1, 0.15) is 5.82 Å². The molecule has 0 atom stereocenters. The van der Waals surface area contributed by atoms with Gasteiger partial charge in [0.15, 0.2) is 11.6 Å². The van der Waals surface area contributed by atoms with Crippen molar-refractivity contribution in [3.8, 4) is 5.69 Å². The number of carbonyl (C=O) groups excluding carboxylic acids is 1. The number of anilines is 2. The molecule has 1 aromatic heterocycles. The molecule has 7 heteroatoms. The molecule has 1 heterocycles. The number of amides is 2. The standard InChI is InChI=1S/C19H16F2N4O/c20-15-9-8-13(10-16(15)21)22-19(26)23-18-11-17(12-6-7-12)24-25(18)14-4-2-1-3-5-14/h1-5,8-12H,6-7H2,(H2,22,23,26). The second-order valence-electron chi connectivity index (χ2n) is 6.18. The first-order valence-electron chi connectivity index (χ1n) is 8.28. The van der Waals surface area contributed by atoms with E-state index in [2.05, 4.69) is 15.7 Å². The fourth-order valence-corrected chi connectivity index (χ4v) is 2.69. The number of benzene rings is 2. The first kappa shape index (κ1) is 16.3. The number of aromatic nitrogens is 2. The zero-order chi connectivity index (χ0) is 18.1. The molecular formula is C19H16F2N4O. The first-order valence-corrected chi connectivity index (χ1v) is 8.28. The summed E-state index contributed by atoms with van der Waals surface area (Å²) in [4.78, 5) is 12.3. The van der Waals surface area contributed by atoms with Gasteiger partial charge >= 0.3 is 6.03 Å². The summed E-state index contributed by atoms with van der Waals surface area (Å²) in [5, 5.41) is 9.82. The van der Waals surface area contributed by atoms with E-state index >= 15 is 0 Å². The molecule has 0 aliphatic heterocycles. The molecule has 1 saturated carbocycles. The Kier molecular flexibility index (Phi) is 4.12. The van der Waals surface area contributed by atoms with E-state index in [1.165, 1.54) is 6.07 Å². The van der Waals surface area contributed by atoms with Crippen molar-refractivity contribution >= 4 is 17.5 Å². The third-order valence-corrected chi connectivity index (χ3v) is 4.14. The topological polar surface area (TPSA) is 59.0 Å². The molecule has 132 valence electrons. The highest BCUT2D eigenvalue weighted by Gasteiger charge is 2.28. The second-order valence-corrected chi connectivity index (χ2v) is 6.18. The quantitative estimate of drug-likeness (QED) is 0.715. The number of nitrogens with one attached hydrogen (secondary N) is 2. The predicted octanol–water partition coefficient (Wildman–Crippen LogP) is 4.67. The van der Waals surface area contributed by atoms with Gasteiger partial charge in [-0.05, 0) is 37.1 Å². The van der Waals surface area contributed by atoms with E-state index < -0.39 is 17.7 Å². The summed E-state index contributed by atoms with van der Waals surface area (Å²) in [5.41, 5.74) is 1.91. The van der Waals surface area contributed by atoms with Crippen molar-refractivity contribution in [2.75, 3.05) is 10.6 Å². The average Bonchev–Trinajstić information content (AvgIpc) is 3.40. The Hall–Kier alpha value is -3.22. The summed E-state index contributed by atoms with van der Waals surface area (Å²) >= 11 is 0. The van der Waals surface area contributed by atoms with Crippen LogP contribution in [-0.2, 0) is 0 Å². The molecule has 0 unspecified atom stereocenters. The van der Waals surface area contributed by atoms with Gasteiger partial charge in [-0.2, -0.15) is 5.10 Å². The molecule has 2 aromatic carbocycles. The zero-order valence-electron chi connectivity index (χ0n) is 13.7. The van der Waals surface area contributed by atoms with E-state index in [0.717, 1.165) is 36.4 Å². The Morgan fingerprint density at radius 1 is 1.00 bits per heavy atom. The first-order chi connectivity index (χ1) is 12.6. The van der Waals surface area contributed by atoms with Crippen molar-refractivity contribution in [3.63, 3.8) is 0 Å². The van der Waals surface area contributed by atoms with Gasteiger partial charge in [0.2, 0.25) is 0 Å². The van der Waals surface area contributed by atoms with Gasteiger partial charge in [0.25, 0.3) is 0 Å². The summed E-state index contributed by atoms with van der Waals surface area (Å²) in [6, 6.07) is 13.9. The largest absolute Gasteiger partial charge is 0.324 e. The van der Waals surface area contributed by atoms with Crippen molar-refractivity contribution < 1.29 is 13.6 Å². The molecule has 26 heavy (non-hydrogen) atoms. The fraction of sp³-hybridized carbons (Fsp3) is 0.158. The highest BCUT2D eigenvalue weighted by Crippen LogP contribution is 2.40. The second kappa shape index (κ2) is 6.59. The van der Waals surface area contributed by atoms with Crippen LogP contribution < -0.4 is 10.6 Å². The van der Waals surface area contributed by atoms with Gasteiger partial charge in [0, 0.05) is 23.7 Å². The highest BCUT2D eigenvalue weighted by atomic mass is 19.2. The lowest BCUT2D eigenvalue weighted by molar-refractivity contribution is 0.262. The molecule has 0 saturated heterocycles. The van der Waals surface area contributed by atoms with Crippen molar-refractivity contribution in [1.29, 1.82) is 0 Å². The zero-order valence-corrected chi connectivity index (χ0v) is 13.7. The lowest BCUT2D eigenvalue weighted by Crippen LogP contribution is -2.21. The molecule has 1 fully saturated rings. The normalized spacial score (nSPS) is 13.5. The van der Waals surface area contributed by atoms with E-state index in [9.17, 15) is 13.6 Å². The number of para-hydroxylation sites is 1. The summed E-state index contributed by atoms with van der Waals surface area (Å²) in [6.45, 7) is 0. The van der Waals surface area contributed by atoms with Gasteiger partial charge in [-0.25, -0.2) is 18.3 Å². The molecule has 1 aliphatic rings. The highest BCUT2D eigenvalue weighted by molar-refractivity contribution is 5.99. The summed E-state index contributed by atoms with van der Waals surface area (Å²) in [7, 11) is 0. The Labute approximate surface area is 148 Å². The Morgan fingerprint density at radius 3 is 2.46 bits per heavy atom. The maximum absolute atomic E-state index is 13.3. The van der Waals surface area contributed by atoms with Crippen LogP contribution in [0.4, 0.5) is 25.1 Å². The van der Waals surface area contributed by atoms with Crippen molar-refractivity contribution in [2.24, 2.45) is 0 Å². The smallest absolute Gasteiger partial charge is 0.308 e. The van der Waals surface area contributed by atoms with Crippen LogP contribution in [0.15, 0.2) is 54.6 Å². The van der Waals surface area contributed by atoms with Crippen molar-refractivity contribution in [2.45, 2.75) is 18.8 Å². The van der Waals surface area contributed by atoms with Crippen LogP contribution in [0.1, 0.15) is 24.5 Å². The molecule has 2 N–H and O–H groups in total. The molecule has 3 aromatic rings. The lowest BCUT2D eigenvalue weighted by atomic mass is 10.3. The van der Waals surface area contributed by atoms with Crippen LogP contribution in [0.5, 0.6) is 0 Å². The number of nitrogens with zero attached hydrogens (tertiary/aromatic N) is 2. The van der Waals surface area contributed by atoms with E-state index in [1.54, 1.807) is 4.68 Å². The fourth-order valence-electron chi connectivity index (χ4n) is 2.69. The minimum atomic E-state index is -1.02. The SMILES string of the molecule is O=C(Nc1ccc(F)c(F)c1)Nc1cc(C2CC2)nn1-c1ccccc1. The van der Waals surface area contributed by atoms with Gasteiger partial charge in [-0.15, -0.1) is 0 Å². The van der Waals surface area contributed by atoms with Crippen LogP contribution in [0.2, 0.25) is 0 Å². The Bertz CT molecular complexity index is 951. The van der Waals surface area contributed by atoms with Crippen LogP contribution >= 0.6 is 0 Å². The monoisotopic (exact) mass is 354 g/mol. The molecule has 2 amide bonds. The molecular weight excluding hydrogens is 338 g/mol.